The number of hydrogen-bond acceptors (Lipinski definition) is 1. The molecule has 2 aliphatic rings. The second kappa shape index (κ2) is 7.12. The Morgan fingerprint density at radius 1 is 0.970 bits per heavy atom. The molecule has 0 N–H and O–H groups in total. The molecule has 0 amide bonds. The third-order valence-corrected chi connectivity index (χ3v) is 7.77. The van der Waals surface area contributed by atoms with Crippen molar-refractivity contribution in [3.05, 3.63) is 89.2 Å². The molecule has 6 rings (SSSR count). The Bertz CT molecular complexity index is 1400. The Morgan fingerprint density at radius 2 is 1.73 bits per heavy atom. The van der Waals surface area contributed by atoms with Crippen molar-refractivity contribution in [2.24, 2.45) is 7.05 Å². The van der Waals surface area contributed by atoms with Crippen LogP contribution in [0, 0.1) is 6.92 Å². The Morgan fingerprint density at radius 3 is 2.45 bits per heavy atom. The summed E-state index contributed by atoms with van der Waals surface area (Å²) in [5.41, 5.74) is 12.4. The van der Waals surface area contributed by atoms with Crippen molar-refractivity contribution in [3.63, 3.8) is 0 Å². The molecule has 0 fully saturated rings. The standard InChI is InChI=1S/C29H31BN3/c1-18(2)23-15-22(21-12-8-7-9-13-21)16-24-20(4)26-17-31(5)29-27-19(3)11-10-14-25(27)32(6)30(28(23)24)33(26)29/h7-18,20H,1-6H3/q+1. The van der Waals surface area contributed by atoms with Crippen LogP contribution in [-0.2, 0) is 7.05 Å². The summed E-state index contributed by atoms with van der Waals surface area (Å²) in [4.78, 5) is 2.50. The number of benzene rings is 3. The number of nitrogens with zero attached hydrogens (tertiary/aromatic N) is 3. The van der Waals surface area contributed by atoms with E-state index in [4.69, 9.17) is 0 Å². The summed E-state index contributed by atoms with van der Waals surface area (Å²) in [6, 6.07) is 22.4. The van der Waals surface area contributed by atoms with Crippen molar-refractivity contribution in [1.82, 2.24) is 4.48 Å². The number of fused-ring (bicyclic) bond motifs is 4. The maximum atomic E-state index is 2.61. The van der Waals surface area contributed by atoms with Gasteiger partial charge in [-0.15, -0.1) is 0 Å². The van der Waals surface area contributed by atoms with E-state index in [0.29, 0.717) is 11.8 Å². The predicted octanol–water partition coefficient (Wildman–Crippen LogP) is 5.24. The smallest absolute Gasteiger partial charge is 0.372 e. The first-order valence-electron chi connectivity index (χ1n) is 12.0. The molecule has 0 saturated heterocycles. The lowest BCUT2D eigenvalue weighted by Gasteiger charge is -2.38. The topological polar surface area (TPSA) is 12.0 Å². The molecule has 0 spiro atoms. The van der Waals surface area contributed by atoms with E-state index in [0.717, 1.165) is 0 Å². The molecule has 4 aromatic rings. The van der Waals surface area contributed by atoms with E-state index in [1.54, 1.807) is 0 Å². The second-order valence-electron chi connectivity index (χ2n) is 10.1. The van der Waals surface area contributed by atoms with Crippen molar-refractivity contribution in [3.8, 4) is 22.5 Å². The van der Waals surface area contributed by atoms with Gasteiger partial charge in [-0.3, -0.25) is 4.48 Å². The average molecular weight is 432 g/mol. The summed E-state index contributed by atoms with van der Waals surface area (Å²) in [5.74, 6) is 2.09. The molecule has 1 unspecified atom stereocenters. The minimum absolute atomic E-state index is 0.166. The third kappa shape index (κ3) is 2.73. The van der Waals surface area contributed by atoms with Gasteiger partial charge >= 0.3 is 6.98 Å². The van der Waals surface area contributed by atoms with Crippen molar-refractivity contribution in [2.75, 3.05) is 11.9 Å². The minimum Gasteiger partial charge on any atom is -0.372 e. The largest absolute Gasteiger partial charge is 0.537 e. The van der Waals surface area contributed by atoms with Crippen LogP contribution in [0.5, 0.6) is 0 Å². The van der Waals surface area contributed by atoms with Crippen LogP contribution in [0.3, 0.4) is 0 Å². The molecule has 164 valence electrons. The number of aromatic nitrogens is 2. The number of rotatable bonds is 2. The summed E-state index contributed by atoms with van der Waals surface area (Å²) in [6.07, 6.45) is 2.36. The lowest BCUT2D eigenvalue weighted by molar-refractivity contribution is -0.659. The third-order valence-electron chi connectivity index (χ3n) is 7.77. The van der Waals surface area contributed by atoms with Gasteiger partial charge in [0.25, 0.3) is 5.82 Å². The fourth-order valence-electron chi connectivity index (χ4n) is 6.14. The second-order valence-corrected chi connectivity index (χ2v) is 10.1. The van der Waals surface area contributed by atoms with Crippen LogP contribution in [0.1, 0.15) is 55.0 Å². The van der Waals surface area contributed by atoms with Gasteiger partial charge in [0.2, 0.25) is 0 Å². The van der Waals surface area contributed by atoms with Crippen LogP contribution in [0.25, 0.3) is 22.5 Å². The summed E-state index contributed by atoms with van der Waals surface area (Å²) in [5, 5.41) is 0. The van der Waals surface area contributed by atoms with Crippen molar-refractivity contribution in [1.29, 1.82) is 0 Å². The van der Waals surface area contributed by atoms with Crippen LogP contribution in [-0.4, -0.2) is 18.5 Å². The zero-order valence-corrected chi connectivity index (χ0v) is 20.4. The Hall–Kier alpha value is -3.27. The SMILES string of the molecule is Cc1cccc2c1-c1n3c(c[n+]1C)C(C)c1cc(-c4ccccc4)cc(C(C)C)c1B3N2C. The Labute approximate surface area is 197 Å². The molecule has 3 heterocycles. The molecule has 3 nitrogen and oxygen atoms in total. The summed E-state index contributed by atoms with van der Waals surface area (Å²) >= 11 is 0. The van der Waals surface area contributed by atoms with Crippen LogP contribution >= 0.6 is 0 Å². The van der Waals surface area contributed by atoms with E-state index in [1.807, 2.05) is 0 Å². The molecule has 0 radical (unpaired) electrons. The van der Waals surface area contributed by atoms with Crippen molar-refractivity contribution < 1.29 is 4.57 Å². The quantitative estimate of drug-likeness (QED) is 0.312. The highest BCUT2D eigenvalue weighted by molar-refractivity contribution is 6.77. The molecule has 3 aromatic carbocycles. The van der Waals surface area contributed by atoms with E-state index in [-0.39, 0.29) is 6.98 Å². The van der Waals surface area contributed by atoms with E-state index in [1.165, 1.54) is 56.0 Å². The van der Waals surface area contributed by atoms with E-state index < -0.39 is 0 Å². The normalized spacial score (nSPS) is 16.0. The van der Waals surface area contributed by atoms with Crippen LogP contribution in [0.15, 0.2) is 66.9 Å². The maximum absolute atomic E-state index is 2.61. The van der Waals surface area contributed by atoms with Gasteiger partial charge in [-0.05, 0) is 53.8 Å². The van der Waals surface area contributed by atoms with Gasteiger partial charge < -0.3 is 4.81 Å². The van der Waals surface area contributed by atoms with Gasteiger partial charge in [0.15, 0.2) is 0 Å². The molecule has 33 heavy (non-hydrogen) atoms. The molecule has 2 aliphatic heterocycles. The molecule has 0 aliphatic carbocycles. The highest BCUT2D eigenvalue weighted by atomic mass is 15.2. The zero-order valence-electron chi connectivity index (χ0n) is 20.4. The first kappa shape index (κ1) is 20.3. The molecule has 4 heteroatoms. The lowest BCUT2D eigenvalue weighted by Crippen LogP contribution is -2.60. The highest BCUT2D eigenvalue weighted by Gasteiger charge is 2.51. The van der Waals surface area contributed by atoms with Crippen molar-refractivity contribution in [2.45, 2.75) is 39.5 Å². The average Bonchev–Trinajstić information content (AvgIpc) is 3.16. The first-order valence-corrected chi connectivity index (χ1v) is 12.0. The van der Waals surface area contributed by atoms with Crippen molar-refractivity contribution >= 4 is 18.1 Å². The Kier molecular flexibility index (Phi) is 4.39. The molecular weight excluding hydrogens is 401 g/mol. The van der Waals surface area contributed by atoms with E-state index >= 15 is 0 Å². The van der Waals surface area contributed by atoms with Crippen LogP contribution < -0.4 is 14.8 Å². The highest BCUT2D eigenvalue weighted by Crippen LogP contribution is 2.43. The van der Waals surface area contributed by atoms with Crippen LogP contribution in [0.2, 0.25) is 0 Å². The van der Waals surface area contributed by atoms with Crippen LogP contribution in [0.4, 0.5) is 5.69 Å². The summed E-state index contributed by atoms with van der Waals surface area (Å²) in [7, 11) is 4.47. The fourth-order valence-corrected chi connectivity index (χ4v) is 6.14. The van der Waals surface area contributed by atoms with Gasteiger partial charge in [0.05, 0.1) is 12.6 Å². The molecular formula is C29H31BN3+. The Balaban J connectivity index is 1.68. The monoisotopic (exact) mass is 432 g/mol. The minimum atomic E-state index is 0.166. The number of hydrogen-bond donors (Lipinski definition) is 0. The molecule has 0 bridgehead atoms. The maximum Gasteiger partial charge on any atom is 0.537 e. The van der Waals surface area contributed by atoms with Gasteiger partial charge in [0.1, 0.15) is 11.9 Å². The van der Waals surface area contributed by atoms with Gasteiger partial charge in [-0.25, -0.2) is 4.57 Å². The van der Waals surface area contributed by atoms with E-state index in [9.17, 15) is 0 Å². The number of imidazole rings is 1. The summed E-state index contributed by atoms with van der Waals surface area (Å²) in [6.45, 7) is 9.45. The number of aryl methyl sites for hydroxylation is 2. The van der Waals surface area contributed by atoms with E-state index in [2.05, 4.69) is 123 Å². The summed E-state index contributed by atoms with van der Waals surface area (Å²) < 4.78 is 4.95. The van der Waals surface area contributed by atoms with Gasteiger partial charge in [0, 0.05) is 17.1 Å². The number of anilines is 1. The molecule has 0 saturated carbocycles. The van der Waals surface area contributed by atoms with Gasteiger partial charge in [-0.2, -0.15) is 0 Å². The first-order chi connectivity index (χ1) is 15.9. The molecule has 1 aromatic heterocycles. The fraction of sp³-hybridized carbons (Fsp3) is 0.276. The molecule has 1 atom stereocenters. The lowest BCUT2D eigenvalue weighted by atomic mass is 9.55. The van der Waals surface area contributed by atoms with Gasteiger partial charge in [-0.1, -0.05) is 75.4 Å². The predicted molar refractivity (Wildman–Crippen MR) is 138 cm³/mol. The zero-order chi connectivity index (χ0) is 23.0.